The first-order chi connectivity index (χ1) is 9.78. The van der Waals surface area contributed by atoms with Crippen LogP contribution in [0.1, 0.15) is 25.3 Å². The summed E-state index contributed by atoms with van der Waals surface area (Å²) in [6, 6.07) is 10.5. The van der Waals surface area contributed by atoms with E-state index in [9.17, 15) is 4.79 Å². The summed E-state index contributed by atoms with van der Waals surface area (Å²) in [6.45, 7) is 6.63. The molecule has 4 heteroatoms. The zero-order valence-corrected chi connectivity index (χ0v) is 12.3. The van der Waals surface area contributed by atoms with Gasteiger partial charge in [0.15, 0.2) is 0 Å². The van der Waals surface area contributed by atoms with Crippen molar-refractivity contribution in [1.29, 1.82) is 0 Å². The minimum atomic E-state index is 0.0757. The Balaban J connectivity index is 1.61. The summed E-state index contributed by atoms with van der Waals surface area (Å²) in [4.78, 5) is 14.2. The van der Waals surface area contributed by atoms with Gasteiger partial charge in [-0.25, -0.2) is 0 Å². The minimum Gasteiger partial charge on any atom is -0.351 e. The Morgan fingerprint density at radius 3 is 2.60 bits per heavy atom. The van der Waals surface area contributed by atoms with Gasteiger partial charge in [-0.15, -0.1) is 0 Å². The van der Waals surface area contributed by atoms with Gasteiger partial charge in [-0.05, 0) is 38.0 Å². The van der Waals surface area contributed by atoms with Crippen LogP contribution < -0.4 is 10.6 Å². The predicted molar refractivity (Wildman–Crippen MR) is 81.4 cm³/mol. The second-order valence-corrected chi connectivity index (χ2v) is 5.35. The van der Waals surface area contributed by atoms with Gasteiger partial charge >= 0.3 is 0 Å². The molecule has 1 aliphatic heterocycles. The zero-order valence-electron chi connectivity index (χ0n) is 12.3. The molecule has 1 heterocycles. The van der Waals surface area contributed by atoms with Crippen LogP contribution in [0.2, 0.25) is 0 Å². The van der Waals surface area contributed by atoms with E-state index in [1.165, 1.54) is 0 Å². The van der Waals surface area contributed by atoms with Gasteiger partial charge in [0.05, 0.1) is 6.54 Å². The Morgan fingerprint density at radius 2 is 1.95 bits per heavy atom. The van der Waals surface area contributed by atoms with Crippen molar-refractivity contribution < 1.29 is 4.79 Å². The number of carbonyl (C=O) groups excluding carboxylic acids is 1. The molecule has 0 bridgehead atoms. The maximum atomic E-state index is 11.8. The summed E-state index contributed by atoms with van der Waals surface area (Å²) in [7, 11) is 0. The third kappa shape index (κ3) is 4.94. The molecule has 1 aromatic rings. The fourth-order valence-electron chi connectivity index (χ4n) is 2.55. The summed E-state index contributed by atoms with van der Waals surface area (Å²) in [5.41, 5.74) is 1.14. The van der Waals surface area contributed by atoms with Crippen molar-refractivity contribution in [3.8, 4) is 0 Å². The number of hydrogen-bond acceptors (Lipinski definition) is 3. The molecule has 0 saturated carbocycles. The maximum Gasteiger partial charge on any atom is 0.234 e. The molecule has 2 N–H and O–H groups in total. The Morgan fingerprint density at radius 1 is 1.25 bits per heavy atom. The molecule has 4 nitrogen and oxygen atoms in total. The smallest absolute Gasteiger partial charge is 0.234 e. The fraction of sp³-hybridized carbons (Fsp3) is 0.562. The van der Waals surface area contributed by atoms with Gasteiger partial charge in [-0.3, -0.25) is 4.79 Å². The van der Waals surface area contributed by atoms with Crippen LogP contribution in [0, 0.1) is 0 Å². The molecule has 20 heavy (non-hydrogen) atoms. The van der Waals surface area contributed by atoms with E-state index < -0.39 is 0 Å². The lowest BCUT2D eigenvalue weighted by Crippen LogP contribution is -2.45. The van der Waals surface area contributed by atoms with Crippen LogP contribution in [0.15, 0.2) is 30.3 Å². The topological polar surface area (TPSA) is 44.4 Å². The van der Waals surface area contributed by atoms with Gasteiger partial charge in [0.2, 0.25) is 5.91 Å². The Bertz CT molecular complexity index is 399. The number of benzene rings is 1. The summed E-state index contributed by atoms with van der Waals surface area (Å²) in [5.74, 6) is 0.0757. The first kappa shape index (κ1) is 15.0. The first-order valence-electron chi connectivity index (χ1n) is 7.54. The summed E-state index contributed by atoms with van der Waals surface area (Å²) in [6.07, 6.45) is 2.28. The standard InChI is InChI=1S/C16H25N3O/c1-2-19-10-8-15(9-11-19)17-13-16(20)18-12-14-6-4-3-5-7-14/h3-7,15,17H,2,8-13H2,1H3,(H,18,20). The molecule has 0 aliphatic carbocycles. The van der Waals surface area contributed by atoms with Crippen LogP contribution in [0.4, 0.5) is 0 Å². The molecule has 2 rings (SSSR count). The molecule has 0 aromatic heterocycles. The molecular weight excluding hydrogens is 250 g/mol. The highest BCUT2D eigenvalue weighted by molar-refractivity contribution is 5.78. The van der Waals surface area contributed by atoms with Crippen molar-refractivity contribution in [3.63, 3.8) is 0 Å². The molecular formula is C16H25N3O. The van der Waals surface area contributed by atoms with Crippen LogP contribution in [0.3, 0.4) is 0 Å². The van der Waals surface area contributed by atoms with Crippen LogP contribution in [-0.4, -0.2) is 43.0 Å². The summed E-state index contributed by atoms with van der Waals surface area (Å²) in [5, 5.41) is 6.31. The zero-order chi connectivity index (χ0) is 14.2. The van der Waals surface area contributed by atoms with Crippen molar-refractivity contribution in [2.45, 2.75) is 32.4 Å². The maximum absolute atomic E-state index is 11.8. The second-order valence-electron chi connectivity index (χ2n) is 5.35. The van der Waals surface area contributed by atoms with Crippen LogP contribution in [0.5, 0.6) is 0 Å². The SMILES string of the molecule is CCN1CCC(NCC(=O)NCc2ccccc2)CC1. The largest absolute Gasteiger partial charge is 0.351 e. The third-order valence-electron chi connectivity index (χ3n) is 3.92. The number of nitrogens with zero attached hydrogens (tertiary/aromatic N) is 1. The van der Waals surface area contributed by atoms with Gasteiger partial charge < -0.3 is 15.5 Å². The molecule has 0 unspecified atom stereocenters. The summed E-state index contributed by atoms with van der Waals surface area (Å²) >= 11 is 0. The van der Waals surface area contributed by atoms with Gasteiger partial charge in [0, 0.05) is 12.6 Å². The van der Waals surface area contributed by atoms with Gasteiger partial charge in [0.25, 0.3) is 0 Å². The van der Waals surface area contributed by atoms with Gasteiger partial charge in [-0.2, -0.15) is 0 Å². The van der Waals surface area contributed by atoms with Gasteiger partial charge in [0.1, 0.15) is 0 Å². The lowest BCUT2D eigenvalue weighted by Gasteiger charge is -2.31. The van der Waals surface area contributed by atoms with E-state index in [1.807, 2.05) is 30.3 Å². The van der Waals surface area contributed by atoms with Crippen molar-refractivity contribution in [1.82, 2.24) is 15.5 Å². The Hall–Kier alpha value is -1.39. The van der Waals surface area contributed by atoms with Gasteiger partial charge in [-0.1, -0.05) is 37.3 Å². The molecule has 110 valence electrons. The van der Waals surface area contributed by atoms with Crippen LogP contribution >= 0.6 is 0 Å². The molecule has 1 aromatic carbocycles. The number of rotatable bonds is 6. The molecule has 1 aliphatic rings. The van der Waals surface area contributed by atoms with E-state index in [0.717, 1.165) is 38.0 Å². The lowest BCUT2D eigenvalue weighted by atomic mass is 10.1. The fourth-order valence-corrected chi connectivity index (χ4v) is 2.55. The third-order valence-corrected chi connectivity index (χ3v) is 3.92. The van der Waals surface area contributed by atoms with Crippen molar-refractivity contribution in [2.24, 2.45) is 0 Å². The number of carbonyl (C=O) groups is 1. The van der Waals surface area contributed by atoms with E-state index in [0.29, 0.717) is 19.1 Å². The number of nitrogens with one attached hydrogen (secondary N) is 2. The van der Waals surface area contributed by atoms with Crippen molar-refractivity contribution in [3.05, 3.63) is 35.9 Å². The normalized spacial score (nSPS) is 17.1. The van der Waals surface area contributed by atoms with E-state index in [-0.39, 0.29) is 5.91 Å². The highest BCUT2D eigenvalue weighted by Crippen LogP contribution is 2.09. The second kappa shape index (κ2) is 8.02. The van der Waals surface area contributed by atoms with Crippen LogP contribution in [0.25, 0.3) is 0 Å². The van der Waals surface area contributed by atoms with E-state index >= 15 is 0 Å². The predicted octanol–water partition coefficient (Wildman–Crippen LogP) is 1.38. The average Bonchev–Trinajstić information content (AvgIpc) is 2.52. The average molecular weight is 275 g/mol. The summed E-state index contributed by atoms with van der Waals surface area (Å²) < 4.78 is 0. The number of amides is 1. The highest BCUT2D eigenvalue weighted by atomic mass is 16.1. The molecule has 0 atom stereocenters. The minimum absolute atomic E-state index is 0.0757. The van der Waals surface area contributed by atoms with E-state index in [2.05, 4.69) is 22.5 Å². The molecule has 0 radical (unpaired) electrons. The Kier molecular flexibility index (Phi) is 6.02. The Labute approximate surface area is 121 Å². The molecule has 1 amide bonds. The monoisotopic (exact) mass is 275 g/mol. The number of likely N-dealkylation sites (tertiary alicyclic amines) is 1. The molecule has 1 fully saturated rings. The number of hydrogen-bond donors (Lipinski definition) is 2. The quantitative estimate of drug-likeness (QED) is 0.824. The van der Waals surface area contributed by atoms with Crippen molar-refractivity contribution >= 4 is 5.91 Å². The van der Waals surface area contributed by atoms with Crippen LogP contribution in [-0.2, 0) is 11.3 Å². The first-order valence-corrected chi connectivity index (χ1v) is 7.54. The molecule has 0 spiro atoms. The highest BCUT2D eigenvalue weighted by Gasteiger charge is 2.17. The lowest BCUT2D eigenvalue weighted by molar-refractivity contribution is -0.120. The molecule has 1 saturated heterocycles. The number of piperidine rings is 1. The van der Waals surface area contributed by atoms with E-state index in [4.69, 9.17) is 0 Å². The van der Waals surface area contributed by atoms with Crippen molar-refractivity contribution in [2.75, 3.05) is 26.2 Å². The van der Waals surface area contributed by atoms with E-state index in [1.54, 1.807) is 0 Å².